The van der Waals surface area contributed by atoms with Crippen LogP contribution in [0.4, 0.5) is 0 Å². The molecule has 0 saturated heterocycles. The van der Waals surface area contributed by atoms with E-state index in [-0.39, 0.29) is 0 Å². The van der Waals surface area contributed by atoms with Crippen molar-refractivity contribution in [3.05, 3.63) is 90.0 Å². The van der Waals surface area contributed by atoms with Crippen molar-refractivity contribution >= 4 is 11.0 Å². The van der Waals surface area contributed by atoms with Gasteiger partial charge >= 0.3 is 0 Å². The molecule has 0 atom stereocenters. The molecule has 5 heteroatoms. The van der Waals surface area contributed by atoms with Crippen molar-refractivity contribution in [2.45, 2.75) is 13.5 Å². The van der Waals surface area contributed by atoms with Crippen LogP contribution in [0.15, 0.2) is 83.4 Å². The zero-order valence-corrected chi connectivity index (χ0v) is 16.9. The Bertz CT molecular complexity index is 1300. The Balaban J connectivity index is 1.57. The molecule has 0 aliphatic rings. The van der Waals surface area contributed by atoms with Gasteiger partial charge in [0.05, 0.1) is 18.1 Å². The zero-order chi connectivity index (χ0) is 20.5. The van der Waals surface area contributed by atoms with Crippen LogP contribution in [0, 0.1) is 6.92 Å². The summed E-state index contributed by atoms with van der Waals surface area (Å²) in [5.41, 5.74) is 6.18. The van der Waals surface area contributed by atoms with Gasteiger partial charge in [0, 0.05) is 18.2 Å². The normalized spacial score (nSPS) is 11.1. The molecule has 0 aliphatic carbocycles. The summed E-state index contributed by atoms with van der Waals surface area (Å²) in [6.45, 7) is 2.80. The summed E-state index contributed by atoms with van der Waals surface area (Å²) in [5, 5.41) is 4.28. The molecule has 5 rings (SSSR count). The molecule has 0 N–H and O–H groups in total. The number of benzene rings is 3. The van der Waals surface area contributed by atoms with Crippen molar-refractivity contribution in [2.24, 2.45) is 0 Å². The van der Waals surface area contributed by atoms with Crippen LogP contribution in [0.5, 0.6) is 5.75 Å². The molecule has 0 radical (unpaired) electrons. The quantitative estimate of drug-likeness (QED) is 0.382. The van der Waals surface area contributed by atoms with Crippen LogP contribution in [-0.4, -0.2) is 21.8 Å². The lowest BCUT2D eigenvalue weighted by Gasteiger charge is -2.08. The third-order valence-corrected chi connectivity index (χ3v) is 5.23. The molecule has 0 saturated carbocycles. The lowest BCUT2D eigenvalue weighted by Crippen LogP contribution is -2.02. The zero-order valence-electron chi connectivity index (χ0n) is 16.9. The Kier molecular flexibility index (Phi) is 4.56. The molecule has 0 amide bonds. The first-order valence-electron chi connectivity index (χ1n) is 9.83. The van der Waals surface area contributed by atoms with Crippen molar-refractivity contribution < 1.29 is 9.26 Å². The van der Waals surface area contributed by atoms with Gasteiger partial charge in [0.25, 0.3) is 0 Å². The Hall–Kier alpha value is -3.86. The van der Waals surface area contributed by atoms with E-state index in [1.54, 1.807) is 7.11 Å². The fourth-order valence-corrected chi connectivity index (χ4v) is 3.58. The SMILES string of the molecule is COc1ccc(-c2cc(-c3nc4ccccc4n3Cc3ccc(C)cc3)on2)cc1. The number of hydrogen-bond acceptors (Lipinski definition) is 4. The van der Waals surface area contributed by atoms with E-state index >= 15 is 0 Å². The van der Waals surface area contributed by atoms with Gasteiger partial charge in [-0.3, -0.25) is 0 Å². The number of imidazole rings is 1. The second-order valence-electron chi connectivity index (χ2n) is 7.30. The monoisotopic (exact) mass is 395 g/mol. The molecule has 0 fully saturated rings. The largest absolute Gasteiger partial charge is 0.497 e. The van der Waals surface area contributed by atoms with Crippen LogP contribution >= 0.6 is 0 Å². The van der Waals surface area contributed by atoms with E-state index < -0.39 is 0 Å². The molecule has 0 bridgehead atoms. The fourth-order valence-electron chi connectivity index (χ4n) is 3.58. The number of hydrogen-bond donors (Lipinski definition) is 0. The minimum atomic E-state index is 0.643. The lowest BCUT2D eigenvalue weighted by atomic mass is 10.1. The van der Waals surface area contributed by atoms with Gasteiger partial charge in [0.1, 0.15) is 11.4 Å². The van der Waals surface area contributed by atoms with Crippen LogP contribution in [-0.2, 0) is 6.54 Å². The topological polar surface area (TPSA) is 53.1 Å². The van der Waals surface area contributed by atoms with Gasteiger partial charge in [-0.1, -0.05) is 47.1 Å². The van der Waals surface area contributed by atoms with Gasteiger partial charge in [0.15, 0.2) is 5.82 Å². The third kappa shape index (κ3) is 3.35. The summed E-state index contributed by atoms with van der Waals surface area (Å²) in [7, 11) is 1.65. The molecule has 5 nitrogen and oxygen atoms in total. The van der Waals surface area contributed by atoms with E-state index in [9.17, 15) is 0 Å². The lowest BCUT2D eigenvalue weighted by molar-refractivity contribution is 0.414. The Morgan fingerprint density at radius 3 is 2.47 bits per heavy atom. The van der Waals surface area contributed by atoms with Gasteiger partial charge in [-0.05, 0) is 48.9 Å². The molecule has 0 spiro atoms. The van der Waals surface area contributed by atoms with Crippen molar-refractivity contribution in [1.29, 1.82) is 0 Å². The van der Waals surface area contributed by atoms with Crippen molar-refractivity contribution in [3.63, 3.8) is 0 Å². The van der Waals surface area contributed by atoms with Gasteiger partial charge < -0.3 is 13.8 Å². The molecule has 30 heavy (non-hydrogen) atoms. The van der Waals surface area contributed by atoms with Gasteiger partial charge in [-0.25, -0.2) is 4.98 Å². The van der Waals surface area contributed by atoms with E-state index in [4.69, 9.17) is 14.2 Å². The van der Waals surface area contributed by atoms with Gasteiger partial charge in [-0.2, -0.15) is 0 Å². The first-order chi connectivity index (χ1) is 14.7. The molecule has 148 valence electrons. The van der Waals surface area contributed by atoms with Crippen molar-refractivity contribution in [1.82, 2.24) is 14.7 Å². The summed E-state index contributed by atoms with van der Waals surface area (Å²) >= 11 is 0. The molecule has 3 aromatic carbocycles. The van der Waals surface area contributed by atoms with Gasteiger partial charge in [0.2, 0.25) is 5.76 Å². The number of methoxy groups -OCH3 is 1. The Morgan fingerprint density at radius 2 is 1.70 bits per heavy atom. The van der Waals surface area contributed by atoms with Crippen LogP contribution in [0.2, 0.25) is 0 Å². The van der Waals surface area contributed by atoms with Crippen LogP contribution in [0.3, 0.4) is 0 Å². The number of aryl methyl sites for hydroxylation is 1. The molecule has 2 aromatic heterocycles. The molecule has 5 aromatic rings. The fraction of sp³-hybridized carbons (Fsp3) is 0.120. The maximum absolute atomic E-state index is 5.72. The molecule has 2 heterocycles. The number of rotatable bonds is 5. The van der Waals surface area contributed by atoms with E-state index in [0.29, 0.717) is 12.3 Å². The highest BCUT2D eigenvalue weighted by Gasteiger charge is 2.18. The molecular formula is C25H21N3O2. The number of aromatic nitrogens is 3. The summed E-state index contributed by atoms with van der Waals surface area (Å²) in [4.78, 5) is 4.84. The maximum atomic E-state index is 5.72. The smallest absolute Gasteiger partial charge is 0.203 e. The van der Waals surface area contributed by atoms with E-state index in [1.807, 2.05) is 48.5 Å². The number of fused-ring (bicyclic) bond motifs is 1. The third-order valence-electron chi connectivity index (χ3n) is 5.23. The number of para-hydroxylation sites is 2. The average Bonchev–Trinajstić information content (AvgIpc) is 3.41. The summed E-state index contributed by atoms with van der Waals surface area (Å²) in [5.74, 6) is 2.22. The summed E-state index contributed by atoms with van der Waals surface area (Å²) < 4.78 is 13.1. The van der Waals surface area contributed by atoms with E-state index in [0.717, 1.165) is 33.9 Å². The van der Waals surface area contributed by atoms with E-state index in [2.05, 4.69) is 47.0 Å². The van der Waals surface area contributed by atoms with Crippen LogP contribution in [0.1, 0.15) is 11.1 Å². The summed E-state index contributed by atoms with van der Waals surface area (Å²) in [6.07, 6.45) is 0. The van der Waals surface area contributed by atoms with Crippen molar-refractivity contribution in [2.75, 3.05) is 7.11 Å². The predicted molar refractivity (Wildman–Crippen MR) is 117 cm³/mol. The van der Waals surface area contributed by atoms with Gasteiger partial charge in [-0.15, -0.1) is 0 Å². The molecule has 0 unspecified atom stereocenters. The van der Waals surface area contributed by atoms with Crippen LogP contribution in [0.25, 0.3) is 33.9 Å². The highest BCUT2D eigenvalue weighted by atomic mass is 16.5. The highest BCUT2D eigenvalue weighted by molar-refractivity contribution is 5.80. The Morgan fingerprint density at radius 1 is 0.933 bits per heavy atom. The highest BCUT2D eigenvalue weighted by Crippen LogP contribution is 2.30. The molecule has 0 aliphatic heterocycles. The minimum Gasteiger partial charge on any atom is -0.497 e. The molecular weight excluding hydrogens is 374 g/mol. The second-order valence-corrected chi connectivity index (χ2v) is 7.30. The van der Waals surface area contributed by atoms with Crippen LogP contribution < -0.4 is 4.74 Å². The first kappa shape index (κ1) is 18.2. The first-order valence-corrected chi connectivity index (χ1v) is 9.83. The minimum absolute atomic E-state index is 0.643. The average molecular weight is 395 g/mol. The number of nitrogens with zero attached hydrogens (tertiary/aromatic N) is 3. The second kappa shape index (κ2) is 7.52. The Labute approximate surface area is 174 Å². The summed E-state index contributed by atoms with van der Waals surface area (Å²) in [6, 6.07) is 26.4. The van der Waals surface area contributed by atoms with E-state index in [1.165, 1.54) is 11.1 Å². The standard InChI is InChI=1S/C25H21N3O2/c1-17-7-9-18(10-8-17)16-28-23-6-4-3-5-21(23)26-25(28)24-15-22(27-30-24)19-11-13-20(29-2)14-12-19/h3-15H,16H2,1-2H3. The van der Waals surface area contributed by atoms with Crippen molar-refractivity contribution in [3.8, 4) is 28.6 Å². The number of ether oxygens (including phenoxy) is 1. The maximum Gasteiger partial charge on any atom is 0.203 e. The predicted octanol–water partition coefficient (Wildman–Crippen LogP) is 5.72.